The molecule has 1 aliphatic carbocycles. The van der Waals surface area contributed by atoms with E-state index in [1.165, 1.54) is 23.5 Å². The van der Waals surface area contributed by atoms with E-state index in [2.05, 4.69) is 14.8 Å². The monoisotopic (exact) mass is 411 g/mol. The molecule has 0 N–H and O–H groups in total. The van der Waals surface area contributed by atoms with Crippen LogP contribution >= 0.6 is 22.7 Å². The summed E-state index contributed by atoms with van der Waals surface area (Å²) in [5.74, 6) is -0.109. The van der Waals surface area contributed by atoms with Crippen LogP contribution in [0.25, 0.3) is 16.2 Å². The average molecular weight is 412 g/mol. The number of aromatic nitrogens is 2. The molecule has 0 spiro atoms. The van der Waals surface area contributed by atoms with E-state index in [9.17, 15) is 9.18 Å². The first-order valence-corrected chi connectivity index (χ1v) is 11.0. The first-order valence-electron chi connectivity index (χ1n) is 9.25. The summed E-state index contributed by atoms with van der Waals surface area (Å²) in [4.78, 5) is 21.2. The van der Waals surface area contributed by atoms with Crippen molar-refractivity contribution in [2.24, 2.45) is 0 Å². The zero-order valence-electron chi connectivity index (χ0n) is 15.0. The minimum Gasteiger partial charge on any atom is -0.335 e. The number of carbonyl (C=O) groups is 1. The second-order valence-corrected chi connectivity index (χ2v) is 8.75. The molecule has 1 aromatic carbocycles. The van der Waals surface area contributed by atoms with Crippen molar-refractivity contribution in [1.82, 2.24) is 14.3 Å². The maximum Gasteiger partial charge on any atom is 0.264 e. The highest BCUT2D eigenvalue weighted by molar-refractivity contribution is 7.15. The lowest BCUT2D eigenvalue weighted by atomic mass is 10.2. The molecule has 1 aliphatic rings. The lowest BCUT2D eigenvalue weighted by Gasteiger charge is -2.21. The molecule has 7 heteroatoms. The van der Waals surface area contributed by atoms with Crippen LogP contribution in [0.1, 0.15) is 28.2 Å². The van der Waals surface area contributed by atoms with E-state index in [1.54, 1.807) is 23.5 Å². The quantitative estimate of drug-likeness (QED) is 0.442. The molecule has 0 unspecified atom stereocenters. The molecule has 0 bridgehead atoms. The number of nitrogens with zero attached hydrogens (tertiary/aromatic N) is 3. The van der Waals surface area contributed by atoms with Crippen molar-refractivity contribution >= 4 is 33.5 Å². The number of thiophene rings is 1. The van der Waals surface area contributed by atoms with Crippen LogP contribution < -0.4 is 0 Å². The van der Waals surface area contributed by atoms with Crippen LogP contribution in [-0.4, -0.2) is 32.8 Å². The largest absolute Gasteiger partial charge is 0.335 e. The first-order chi connectivity index (χ1) is 13.7. The summed E-state index contributed by atoms with van der Waals surface area (Å²) in [7, 11) is 0. The summed E-state index contributed by atoms with van der Waals surface area (Å²) >= 11 is 3.09. The molecule has 1 amide bonds. The summed E-state index contributed by atoms with van der Waals surface area (Å²) < 4.78 is 15.3. The van der Waals surface area contributed by atoms with Gasteiger partial charge >= 0.3 is 0 Å². The Morgan fingerprint density at radius 2 is 2.04 bits per heavy atom. The highest BCUT2D eigenvalue weighted by atomic mass is 32.1. The van der Waals surface area contributed by atoms with E-state index in [0.717, 1.165) is 46.1 Å². The van der Waals surface area contributed by atoms with Crippen LogP contribution in [0.15, 0.2) is 53.4 Å². The van der Waals surface area contributed by atoms with Gasteiger partial charge in [-0.15, -0.1) is 22.7 Å². The van der Waals surface area contributed by atoms with E-state index in [0.29, 0.717) is 12.6 Å². The first kappa shape index (κ1) is 17.6. The number of thiazole rings is 1. The molecule has 142 valence electrons. The molecule has 0 radical (unpaired) electrons. The van der Waals surface area contributed by atoms with Crippen molar-refractivity contribution in [3.63, 3.8) is 0 Å². The fraction of sp³-hybridized carbons (Fsp3) is 0.238. The molecule has 0 atom stereocenters. The van der Waals surface area contributed by atoms with E-state index in [4.69, 9.17) is 0 Å². The fourth-order valence-corrected chi connectivity index (χ4v) is 4.97. The van der Waals surface area contributed by atoms with Gasteiger partial charge in [-0.25, -0.2) is 9.37 Å². The molecule has 0 saturated heterocycles. The Kier molecular flexibility index (Phi) is 4.49. The van der Waals surface area contributed by atoms with E-state index < -0.39 is 0 Å². The van der Waals surface area contributed by atoms with Gasteiger partial charge in [0.25, 0.3) is 5.91 Å². The van der Waals surface area contributed by atoms with Crippen LogP contribution in [-0.2, 0) is 6.42 Å². The fourth-order valence-electron chi connectivity index (χ4n) is 3.38. The van der Waals surface area contributed by atoms with E-state index >= 15 is 0 Å². The van der Waals surface area contributed by atoms with Gasteiger partial charge in [-0.3, -0.25) is 9.20 Å². The van der Waals surface area contributed by atoms with Crippen molar-refractivity contribution in [2.75, 3.05) is 6.54 Å². The Labute approximate surface area is 169 Å². The third-order valence-electron chi connectivity index (χ3n) is 5.01. The highest BCUT2D eigenvalue weighted by Gasteiger charge is 2.33. The minimum absolute atomic E-state index is 0.140. The Balaban J connectivity index is 1.36. The summed E-state index contributed by atoms with van der Waals surface area (Å²) in [6.45, 7) is 0.706. The molecular formula is C21H18FN3OS2. The Bertz CT molecular complexity index is 1110. The lowest BCUT2D eigenvalue weighted by Crippen LogP contribution is -2.34. The summed E-state index contributed by atoms with van der Waals surface area (Å²) in [6.07, 6.45) is 4.97. The molecule has 4 aromatic rings. The van der Waals surface area contributed by atoms with E-state index in [1.807, 2.05) is 28.6 Å². The highest BCUT2D eigenvalue weighted by Crippen LogP contribution is 2.30. The molecule has 5 rings (SSSR count). The smallest absolute Gasteiger partial charge is 0.264 e. The normalized spacial score (nSPS) is 13.9. The van der Waals surface area contributed by atoms with E-state index in [-0.39, 0.29) is 11.7 Å². The van der Waals surface area contributed by atoms with Crippen molar-refractivity contribution in [2.45, 2.75) is 25.3 Å². The maximum atomic E-state index is 13.2. The van der Waals surface area contributed by atoms with Gasteiger partial charge in [0.15, 0.2) is 4.96 Å². The number of hydrogen-bond donors (Lipinski definition) is 0. The molecule has 28 heavy (non-hydrogen) atoms. The molecule has 0 aliphatic heterocycles. The predicted molar refractivity (Wildman–Crippen MR) is 111 cm³/mol. The number of rotatable bonds is 6. The third kappa shape index (κ3) is 3.36. The second kappa shape index (κ2) is 7.14. The van der Waals surface area contributed by atoms with Gasteiger partial charge < -0.3 is 4.90 Å². The van der Waals surface area contributed by atoms with Crippen LogP contribution in [0.4, 0.5) is 4.39 Å². The van der Waals surface area contributed by atoms with Crippen LogP contribution in [0.2, 0.25) is 0 Å². The zero-order chi connectivity index (χ0) is 19.1. The maximum absolute atomic E-state index is 13.2. The molecule has 1 saturated carbocycles. The number of carbonyl (C=O) groups excluding carboxylic acids is 1. The van der Waals surface area contributed by atoms with Gasteiger partial charge in [0.05, 0.1) is 10.6 Å². The van der Waals surface area contributed by atoms with Crippen LogP contribution in [0.5, 0.6) is 0 Å². The predicted octanol–water partition coefficient (Wildman–Crippen LogP) is 5.11. The molecule has 1 fully saturated rings. The molecular weight excluding hydrogens is 393 g/mol. The molecule has 4 nitrogen and oxygen atoms in total. The molecule has 3 aromatic heterocycles. The average Bonchev–Trinajstić information content (AvgIpc) is 3.10. The van der Waals surface area contributed by atoms with Crippen LogP contribution in [0, 0.1) is 5.82 Å². The number of hydrogen-bond acceptors (Lipinski definition) is 4. The number of halogens is 1. The van der Waals surface area contributed by atoms with Crippen molar-refractivity contribution in [3.05, 3.63) is 69.7 Å². The van der Waals surface area contributed by atoms with Crippen molar-refractivity contribution in [1.29, 1.82) is 0 Å². The van der Waals surface area contributed by atoms with Crippen LogP contribution in [0.3, 0.4) is 0 Å². The lowest BCUT2D eigenvalue weighted by molar-refractivity contribution is 0.0749. The summed E-state index contributed by atoms with van der Waals surface area (Å²) in [5, 5.41) is 4.06. The summed E-state index contributed by atoms with van der Waals surface area (Å²) in [5.41, 5.74) is 2.88. The third-order valence-corrected chi connectivity index (χ3v) is 6.76. The Morgan fingerprint density at radius 3 is 2.75 bits per heavy atom. The standard InChI is InChI=1S/C21H18FN3OS2/c22-15-5-3-14(4-6-15)18-12-25-17(13-28-21(25)23-18)9-10-24(16-7-8-16)20(26)19-2-1-11-27-19/h1-6,11-13,16H,7-10H2. The van der Waals surface area contributed by atoms with Crippen molar-refractivity contribution < 1.29 is 9.18 Å². The molecule has 3 heterocycles. The van der Waals surface area contributed by atoms with Gasteiger partial charge in [-0.2, -0.15) is 0 Å². The second-order valence-electron chi connectivity index (χ2n) is 6.97. The zero-order valence-corrected chi connectivity index (χ0v) is 16.7. The summed E-state index contributed by atoms with van der Waals surface area (Å²) in [6, 6.07) is 10.6. The van der Waals surface area contributed by atoms with Gasteiger partial charge in [-0.1, -0.05) is 6.07 Å². The van der Waals surface area contributed by atoms with Gasteiger partial charge in [0.1, 0.15) is 5.82 Å². The topological polar surface area (TPSA) is 37.6 Å². The number of fused-ring (bicyclic) bond motifs is 1. The van der Waals surface area contributed by atoms with Gasteiger partial charge in [0, 0.05) is 41.8 Å². The SMILES string of the molecule is O=C(c1cccs1)N(CCc1csc2nc(-c3ccc(F)cc3)cn12)C1CC1. The number of benzene rings is 1. The Morgan fingerprint density at radius 1 is 1.21 bits per heavy atom. The van der Waals surface area contributed by atoms with Gasteiger partial charge in [-0.05, 0) is 48.6 Å². The Hall–Kier alpha value is -2.51. The minimum atomic E-state index is -0.249. The number of imidazole rings is 1. The number of amides is 1. The van der Waals surface area contributed by atoms with Crippen molar-refractivity contribution in [3.8, 4) is 11.3 Å². The van der Waals surface area contributed by atoms with Gasteiger partial charge in [0.2, 0.25) is 0 Å².